The van der Waals surface area contributed by atoms with Crippen LogP contribution in [0.15, 0.2) is 36.4 Å². The Morgan fingerprint density at radius 2 is 1.24 bits per heavy atom. The Balaban J connectivity index is 1.40. The second-order valence-corrected chi connectivity index (χ2v) is 16.1. The first kappa shape index (κ1) is 42.9. The molecule has 0 aliphatic carbocycles. The number of H-pyrrole nitrogens is 2. The smallest absolute Gasteiger partial charge is 0.245 e. The number of hydrogen-bond acceptors (Lipinski definition) is 8. The lowest BCUT2D eigenvalue weighted by molar-refractivity contribution is -0.139. The zero-order chi connectivity index (χ0) is 42.0. The molecule has 0 spiro atoms. The van der Waals surface area contributed by atoms with E-state index in [-0.39, 0.29) is 62.3 Å². The van der Waals surface area contributed by atoms with Crippen LogP contribution in [-0.2, 0) is 32.0 Å². The number of ketones is 1. The number of carbonyl (C=O) groups excluding carboxylic acids is 4. The number of amides is 3. The van der Waals surface area contributed by atoms with Gasteiger partial charge in [-0.2, -0.15) is 0 Å². The molecule has 13 nitrogen and oxygen atoms in total. The third-order valence-electron chi connectivity index (χ3n) is 12.3. The Labute approximate surface area is 337 Å². The van der Waals surface area contributed by atoms with Gasteiger partial charge in [0.2, 0.25) is 17.7 Å². The van der Waals surface area contributed by atoms with Crippen molar-refractivity contribution in [1.29, 1.82) is 0 Å². The summed E-state index contributed by atoms with van der Waals surface area (Å²) in [6.45, 7) is 7.33. The molecule has 15 heteroatoms. The first-order chi connectivity index (χ1) is 27.7. The number of aromatic amines is 2. The number of nitrogens with zero attached hydrogens (tertiary/aromatic N) is 2. The van der Waals surface area contributed by atoms with E-state index < -0.39 is 60.0 Å². The van der Waals surface area contributed by atoms with Crippen LogP contribution in [0.5, 0.6) is 0 Å². The van der Waals surface area contributed by atoms with Crippen LogP contribution in [0, 0.1) is 17.6 Å². The number of aromatic nitrogens is 2. The summed E-state index contributed by atoms with van der Waals surface area (Å²) in [5.74, 6) is -2.40. The third-order valence-corrected chi connectivity index (χ3v) is 12.3. The lowest BCUT2D eigenvalue weighted by atomic mass is 9.93. The van der Waals surface area contributed by atoms with Gasteiger partial charge >= 0.3 is 0 Å². The zero-order valence-corrected chi connectivity index (χ0v) is 34.1. The number of benzene rings is 2. The number of β-amino-alcohol motifs (C(OH)–C–C–N with tert-alkyl or cyclic N) is 2. The van der Waals surface area contributed by atoms with Crippen molar-refractivity contribution in [1.82, 2.24) is 35.7 Å². The van der Waals surface area contributed by atoms with E-state index in [1.807, 2.05) is 13.8 Å². The van der Waals surface area contributed by atoms with Crippen molar-refractivity contribution in [2.75, 3.05) is 27.2 Å². The van der Waals surface area contributed by atoms with Crippen LogP contribution in [0.2, 0.25) is 0 Å². The predicted molar refractivity (Wildman–Crippen MR) is 218 cm³/mol. The number of likely N-dealkylation sites (N-methyl/N-ethyl adjacent to an activating group) is 2. The second-order valence-electron chi connectivity index (χ2n) is 16.1. The van der Waals surface area contributed by atoms with E-state index >= 15 is 0 Å². The average Bonchev–Trinajstić information content (AvgIpc) is 3.96. The zero-order valence-electron chi connectivity index (χ0n) is 34.1. The number of carbonyl (C=O) groups is 4. The molecular weight excluding hydrogens is 749 g/mol. The van der Waals surface area contributed by atoms with Crippen LogP contribution >= 0.6 is 0 Å². The topological polar surface area (TPSA) is 183 Å². The number of aliphatic hydroxyl groups is 2. The fourth-order valence-electron chi connectivity index (χ4n) is 8.68. The van der Waals surface area contributed by atoms with E-state index in [0.29, 0.717) is 52.5 Å². The van der Waals surface area contributed by atoms with E-state index in [1.165, 1.54) is 24.3 Å². The summed E-state index contributed by atoms with van der Waals surface area (Å²) in [6, 6.07) is 6.17. The molecule has 0 saturated carbocycles. The maximum atomic E-state index is 14.8. The number of halogens is 2. The first-order valence-corrected chi connectivity index (χ1v) is 20.4. The third kappa shape index (κ3) is 8.82. The van der Waals surface area contributed by atoms with Gasteiger partial charge < -0.3 is 45.9 Å². The van der Waals surface area contributed by atoms with Crippen LogP contribution in [-0.4, -0.2) is 123 Å². The van der Waals surface area contributed by atoms with Gasteiger partial charge in [0.05, 0.1) is 35.7 Å². The minimum absolute atomic E-state index is 0.0685. The van der Waals surface area contributed by atoms with Crippen molar-refractivity contribution in [3.8, 4) is 11.4 Å². The van der Waals surface area contributed by atoms with Crippen molar-refractivity contribution in [3.05, 3.63) is 59.2 Å². The summed E-state index contributed by atoms with van der Waals surface area (Å²) in [4.78, 5) is 64.0. The Bertz CT molecular complexity index is 2000. The molecule has 2 aliphatic rings. The van der Waals surface area contributed by atoms with E-state index in [9.17, 15) is 38.2 Å². The Kier molecular flexibility index (Phi) is 13.4. The summed E-state index contributed by atoms with van der Waals surface area (Å²) in [7, 11) is 3.35. The number of fused-ring (bicyclic) bond motifs is 2. The molecule has 0 radical (unpaired) electrons. The summed E-state index contributed by atoms with van der Waals surface area (Å²) in [5.41, 5.74) is 3.65. The molecular formula is C43H57F2N7O6. The average molecular weight is 806 g/mol. The highest BCUT2D eigenvalue weighted by Gasteiger charge is 2.41. The van der Waals surface area contributed by atoms with Gasteiger partial charge in [0.15, 0.2) is 0 Å². The van der Waals surface area contributed by atoms with Gasteiger partial charge in [0.25, 0.3) is 0 Å². The lowest BCUT2D eigenvalue weighted by Gasteiger charge is -2.30. The fraction of sp³-hybridized carbons (Fsp3) is 0.535. The molecule has 6 rings (SSSR count). The van der Waals surface area contributed by atoms with E-state index in [0.717, 1.165) is 11.1 Å². The number of Topliss-reactive ketones (excluding diaryl/α,β-unsaturated/α-hetero) is 1. The number of rotatable bonds is 16. The minimum atomic E-state index is -0.813. The van der Waals surface area contributed by atoms with E-state index in [2.05, 4.69) is 25.9 Å². The van der Waals surface area contributed by atoms with Gasteiger partial charge in [0, 0.05) is 59.3 Å². The summed E-state index contributed by atoms with van der Waals surface area (Å²) >= 11 is 0. The lowest BCUT2D eigenvalue weighted by Crippen LogP contribution is -2.53. The predicted octanol–water partition coefficient (Wildman–Crippen LogP) is 3.70. The monoisotopic (exact) mass is 805 g/mol. The highest BCUT2D eigenvalue weighted by molar-refractivity contribution is 5.97. The quantitative estimate of drug-likeness (QED) is 0.0895. The van der Waals surface area contributed by atoms with Crippen molar-refractivity contribution in [2.45, 2.75) is 115 Å². The number of nitrogens with one attached hydrogen (secondary N) is 5. The van der Waals surface area contributed by atoms with Gasteiger partial charge in [-0.05, 0) is 114 Å². The van der Waals surface area contributed by atoms with Crippen LogP contribution in [0.4, 0.5) is 8.78 Å². The molecule has 1 unspecified atom stereocenters. The molecule has 4 heterocycles. The molecule has 314 valence electrons. The van der Waals surface area contributed by atoms with Crippen LogP contribution in [0.25, 0.3) is 33.2 Å². The molecule has 2 saturated heterocycles. The normalized spacial score (nSPS) is 21.8. The molecule has 2 aliphatic heterocycles. The van der Waals surface area contributed by atoms with Crippen molar-refractivity contribution in [2.24, 2.45) is 5.92 Å². The Hall–Kier alpha value is -4.70. The van der Waals surface area contributed by atoms with Crippen LogP contribution in [0.3, 0.4) is 0 Å². The summed E-state index contributed by atoms with van der Waals surface area (Å²) < 4.78 is 29.6. The van der Waals surface area contributed by atoms with Crippen molar-refractivity contribution in [3.63, 3.8) is 0 Å². The number of likely N-dealkylation sites (tertiary alicyclic amines) is 2. The van der Waals surface area contributed by atoms with Gasteiger partial charge in [-0.15, -0.1) is 0 Å². The standard InChI is InChI=1S/C43H57F2N7O6/c1-7-24(13-38(55)22(3)46-5)42(57)51-20-29(53)16-27(51)18-33-31-11-9-25(44)14-36(31)48-39(33)40-34(32-12-10-26(45)15-37(32)49-40)19-28-17-30(54)21-52(28)43(58)35(8-2)50-41(56)23(4)47-6/h9-12,14-15,22-24,27-30,35,46-49,53-54H,7-8,13,16-21H2,1-6H3,(H,50,56)/t22-,23-,24+,27?,28-,29-,30-,35-/m0/s1. The number of aliphatic hydroxyl groups excluding tert-OH is 2. The molecule has 8 atom stereocenters. The molecule has 0 bridgehead atoms. The molecule has 2 aromatic carbocycles. The van der Waals surface area contributed by atoms with E-state index in [1.54, 1.807) is 49.9 Å². The second kappa shape index (κ2) is 18.1. The van der Waals surface area contributed by atoms with Crippen molar-refractivity contribution < 1.29 is 38.2 Å². The molecule has 4 aromatic rings. The summed E-state index contributed by atoms with van der Waals surface area (Å²) in [6.07, 6.45) is 0.360. The van der Waals surface area contributed by atoms with Gasteiger partial charge in [-0.1, -0.05) is 13.8 Å². The van der Waals surface area contributed by atoms with Crippen LogP contribution in [0.1, 0.15) is 70.9 Å². The van der Waals surface area contributed by atoms with Gasteiger partial charge in [-0.25, -0.2) is 8.78 Å². The van der Waals surface area contributed by atoms with Crippen molar-refractivity contribution >= 4 is 45.3 Å². The largest absolute Gasteiger partial charge is 0.391 e. The maximum absolute atomic E-state index is 14.8. The van der Waals surface area contributed by atoms with Crippen LogP contribution < -0.4 is 16.0 Å². The molecule has 2 aromatic heterocycles. The molecule has 3 amide bonds. The highest BCUT2D eigenvalue weighted by atomic mass is 19.1. The highest BCUT2D eigenvalue weighted by Crippen LogP contribution is 2.40. The van der Waals surface area contributed by atoms with E-state index in [4.69, 9.17) is 0 Å². The molecule has 2 fully saturated rings. The summed E-state index contributed by atoms with van der Waals surface area (Å²) in [5, 5.41) is 32.0. The van der Waals surface area contributed by atoms with Gasteiger partial charge in [-0.3, -0.25) is 19.2 Å². The van der Waals surface area contributed by atoms with Gasteiger partial charge in [0.1, 0.15) is 23.5 Å². The first-order valence-electron chi connectivity index (χ1n) is 20.4. The number of hydrogen-bond donors (Lipinski definition) is 7. The Morgan fingerprint density at radius 3 is 1.69 bits per heavy atom. The SMILES string of the molecule is CC[C@H](CC(=O)[C@H](C)NC)C(=O)N1C[C@@H](O)CC1Cc1c(-c2[nH]c3cc(F)ccc3c2C[C@@H]2C[C@H](O)CN2C(=O)[C@H](CC)NC(=O)[C@H](C)NC)[nH]c2cc(F)ccc12. The molecule has 58 heavy (non-hydrogen) atoms. The minimum Gasteiger partial charge on any atom is -0.391 e. The fourth-order valence-corrected chi connectivity index (χ4v) is 8.68. The molecule has 7 N–H and O–H groups in total. The maximum Gasteiger partial charge on any atom is 0.245 e. The Morgan fingerprint density at radius 1 is 0.759 bits per heavy atom.